The lowest BCUT2D eigenvalue weighted by molar-refractivity contribution is -0.123. The highest BCUT2D eigenvalue weighted by Crippen LogP contribution is 2.31. The van der Waals surface area contributed by atoms with Crippen LogP contribution < -0.4 is 9.64 Å². The van der Waals surface area contributed by atoms with Crippen LogP contribution in [0.2, 0.25) is 0 Å². The third-order valence-corrected chi connectivity index (χ3v) is 8.15. The van der Waals surface area contributed by atoms with Crippen molar-refractivity contribution in [1.82, 2.24) is 4.31 Å². The third-order valence-electron chi connectivity index (χ3n) is 4.82. The second-order valence-electron chi connectivity index (χ2n) is 6.64. The van der Waals surface area contributed by atoms with E-state index in [1.54, 1.807) is 37.3 Å². The molecule has 1 amide bonds. The number of piperidine rings is 1. The Morgan fingerprint density at radius 3 is 2.67 bits per heavy atom. The molecule has 2 heterocycles. The number of benzene rings is 1. The maximum Gasteiger partial charge on any atom is 0.252 e. The molecule has 0 radical (unpaired) electrons. The van der Waals surface area contributed by atoms with Gasteiger partial charge in [0.2, 0.25) is 5.91 Å². The SMILES string of the molecule is COc1ccccc1N(C)C(=O)C1CCCN(S(=O)(=O)c2ccc(C)s2)C1. The van der Waals surface area contributed by atoms with Gasteiger partial charge in [0.05, 0.1) is 18.7 Å². The van der Waals surface area contributed by atoms with E-state index in [1.807, 2.05) is 25.1 Å². The van der Waals surface area contributed by atoms with Gasteiger partial charge in [0.1, 0.15) is 9.96 Å². The summed E-state index contributed by atoms with van der Waals surface area (Å²) in [6.45, 7) is 2.54. The minimum atomic E-state index is -3.55. The first-order valence-corrected chi connectivity index (χ1v) is 11.1. The van der Waals surface area contributed by atoms with Gasteiger partial charge in [0.15, 0.2) is 0 Å². The maximum absolute atomic E-state index is 13.0. The summed E-state index contributed by atoms with van der Waals surface area (Å²) < 4.78 is 32.9. The standard InChI is InChI=1S/C19H24N2O4S2/c1-14-10-11-18(26-14)27(23,24)21-12-6-7-15(13-21)19(22)20(2)16-8-4-5-9-17(16)25-3/h4-5,8-11,15H,6-7,12-13H2,1-3H3. The van der Waals surface area contributed by atoms with Crippen LogP contribution in [0.3, 0.4) is 0 Å². The fraction of sp³-hybridized carbons (Fsp3) is 0.421. The van der Waals surface area contributed by atoms with Crippen molar-refractivity contribution in [2.75, 3.05) is 32.1 Å². The summed E-state index contributed by atoms with van der Waals surface area (Å²) in [5, 5.41) is 0. The van der Waals surface area contributed by atoms with E-state index in [4.69, 9.17) is 4.74 Å². The number of hydrogen-bond donors (Lipinski definition) is 0. The number of rotatable bonds is 5. The van der Waals surface area contributed by atoms with Crippen molar-refractivity contribution in [2.45, 2.75) is 24.0 Å². The van der Waals surface area contributed by atoms with E-state index in [2.05, 4.69) is 0 Å². The van der Waals surface area contributed by atoms with Crippen LogP contribution in [0.5, 0.6) is 5.75 Å². The first-order chi connectivity index (χ1) is 12.8. The van der Waals surface area contributed by atoms with Crippen LogP contribution in [0.15, 0.2) is 40.6 Å². The van der Waals surface area contributed by atoms with Crippen LogP contribution in [0.4, 0.5) is 5.69 Å². The molecular weight excluding hydrogens is 384 g/mol. The Bertz CT molecular complexity index is 923. The normalized spacial score (nSPS) is 18.3. The number of nitrogens with zero attached hydrogens (tertiary/aromatic N) is 2. The number of sulfonamides is 1. The predicted octanol–water partition coefficient (Wildman–Crippen LogP) is 3.13. The van der Waals surface area contributed by atoms with Crippen molar-refractivity contribution in [1.29, 1.82) is 0 Å². The molecule has 0 bridgehead atoms. The fourth-order valence-electron chi connectivity index (χ4n) is 3.34. The van der Waals surface area contributed by atoms with Crippen LogP contribution in [0.25, 0.3) is 0 Å². The molecule has 8 heteroatoms. The van der Waals surface area contributed by atoms with E-state index in [1.165, 1.54) is 15.6 Å². The number of thiophene rings is 1. The highest BCUT2D eigenvalue weighted by molar-refractivity contribution is 7.91. The number of para-hydroxylation sites is 2. The molecule has 146 valence electrons. The summed E-state index contributed by atoms with van der Waals surface area (Å²) in [6, 6.07) is 10.8. The fourth-order valence-corrected chi connectivity index (χ4v) is 6.30. The molecule has 0 N–H and O–H groups in total. The van der Waals surface area contributed by atoms with Crippen LogP contribution in [0, 0.1) is 12.8 Å². The summed E-state index contributed by atoms with van der Waals surface area (Å²) in [7, 11) is -0.285. The van der Waals surface area contributed by atoms with E-state index in [9.17, 15) is 13.2 Å². The lowest BCUT2D eigenvalue weighted by Gasteiger charge is -2.33. The molecule has 1 aromatic heterocycles. The van der Waals surface area contributed by atoms with Crippen molar-refractivity contribution < 1.29 is 17.9 Å². The zero-order valence-electron chi connectivity index (χ0n) is 15.7. The van der Waals surface area contributed by atoms with Gasteiger partial charge in [-0.2, -0.15) is 4.31 Å². The lowest BCUT2D eigenvalue weighted by atomic mass is 9.98. The highest BCUT2D eigenvalue weighted by Gasteiger charge is 2.35. The van der Waals surface area contributed by atoms with Gasteiger partial charge in [-0.15, -0.1) is 11.3 Å². The van der Waals surface area contributed by atoms with Crippen LogP contribution in [0.1, 0.15) is 17.7 Å². The number of carbonyl (C=O) groups is 1. The molecule has 1 atom stereocenters. The molecule has 3 rings (SSSR count). The van der Waals surface area contributed by atoms with Crippen molar-refractivity contribution in [3.05, 3.63) is 41.3 Å². The van der Waals surface area contributed by atoms with Crippen molar-refractivity contribution in [3.63, 3.8) is 0 Å². The number of methoxy groups -OCH3 is 1. The van der Waals surface area contributed by atoms with Crippen LogP contribution >= 0.6 is 11.3 Å². The molecule has 0 saturated carbocycles. The Morgan fingerprint density at radius 2 is 2.00 bits per heavy atom. The summed E-state index contributed by atoms with van der Waals surface area (Å²) >= 11 is 1.26. The first kappa shape index (κ1) is 19.9. The van der Waals surface area contributed by atoms with Gasteiger partial charge in [-0.05, 0) is 44.0 Å². The average Bonchev–Trinajstić information content (AvgIpc) is 3.14. The molecule has 1 saturated heterocycles. The van der Waals surface area contributed by atoms with Crippen LogP contribution in [-0.2, 0) is 14.8 Å². The number of amides is 1. The summed E-state index contributed by atoms with van der Waals surface area (Å²) in [5.41, 5.74) is 0.680. The first-order valence-electron chi connectivity index (χ1n) is 8.81. The van der Waals surface area contributed by atoms with E-state index < -0.39 is 10.0 Å². The van der Waals surface area contributed by atoms with Crippen molar-refractivity contribution >= 4 is 33.0 Å². The third kappa shape index (κ3) is 4.02. The Labute approximate surface area is 164 Å². The zero-order valence-corrected chi connectivity index (χ0v) is 17.3. The molecule has 27 heavy (non-hydrogen) atoms. The highest BCUT2D eigenvalue weighted by atomic mass is 32.2. The zero-order chi connectivity index (χ0) is 19.6. The Kier molecular flexibility index (Phi) is 5.88. The second-order valence-corrected chi connectivity index (χ2v) is 10.1. The van der Waals surface area contributed by atoms with E-state index in [-0.39, 0.29) is 18.4 Å². The molecule has 1 aliphatic rings. The summed E-state index contributed by atoms with van der Waals surface area (Å²) in [6.07, 6.45) is 1.34. The molecule has 0 spiro atoms. The number of aryl methyl sites for hydroxylation is 1. The number of carbonyl (C=O) groups excluding carboxylic acids is 1. The lowest BCUT2D eigenvalue weighted by Crippen LogP contribution is -2.45. The number of hydrogen-bond acceptors (Lipinski definition) is 5. The van der Waals surface area contributed by atoms with Gasteiger partial charge in [-0.25, -0.2) is 8.42 Å². The monoisotopic (exact) mass is 408 g/mol. The van der Waals surface area contributed by atoms with Gasteiger partial charge >= 0.3 is 0 Å². The quantitative estimate of drug-likeness (QED) is 0.762. The van der Waals surface area contributed by atoms with Gasteiger partial charge in [0.25, 0.3) is 10.0 Å². The van der Waals surface area contributed by atoms with Crippen LogP contribution in [-0.4, -0.2) is 45.9 Å². The average molecular weight is 409 g/mol. The van der Waals surface area contributed by atoms with Gasteiger partial charge in [0, 0.05) is 25.0 Å². The number of ether oxygens (including phenoxy) is 1. The molecule has 6 nitrogen and oxygen atoms in total. The Hall–Kier alpha value is -1.90. The predicted molar refractivity (Wildman–Crippen MR) is 107 cm³/mol. The molecule has 1 fully saturated rings. The molecule has 2 aromatic rings. The van der Waals surface area contributed by atoms with E-state index in [0.29, 0.717) is 35.0 Å². The van der Waals surface area contributed by atoms with Gasteiger partial charge in [-0.1, -0.05) is 12.1 Å². The van der Waals surface area contributed by atoms with E-state index >= 15 is 0 Å². The minimum Gasteiger partial charge on any atom is -0.495 e. The number of anilines is 1. The molecule has 1 aliphatic heterocycles. The second kappa shape index (κ2) is 8.00. The van der Waals surface area contributed by atoms with E-state index in [0.717, 1.165) is 4.88 Å². The smallest absolute Gasteiger partial charge is 0.252 e. The largest absolute Gasteiger partial charge is 0.495 e. The Morgan fingerprint density at radius 1 is 1.26 bits per heavy atom. The summed E-state index contributed by atoms with van der Waals surface area (Å²) in [5.74, 6) is 0.147. The van der Waals surface area contributed by atoms with Gasteiger partial charge < -0.3 is 9.64 Å². The minimum absolute atomic E-state index is 0.0956. The van der Waals surface area contributed by atoms with Crippen molar-refractivity contribution in [2.24, 2.45) is 5.92 Å². The molecule has 0 aliphatic carbocycles. The molecular formula is C19H24N2O4S2. The topological polar surface area (TPSA) is 66.9 Å². The Balaban J connectivity index is 1.78. The van der Waals surface area contributed by atoms with Crippen molar-refractivity contribution in [3.8, 4) is 5.75 Å². The maximum atomic E-state index is 13.0. The molecule has 1 unspecified atom stereocenters. The summed E-state index contributed by atoms with van der Waals surface area (Å²) in [4.78, 5) is 15.5. The molecule has 1 aromatic carbocycles. The van der Waals surface area contributed by atoms with Gasteiger partial charge in [-0.3, -0.25) is 4.79 Å².